The van der Waals surface area contributed by atoms with Crippen LogP contribution in [0.3, 0.4) is 0 Å². The number of methoxy groups -OCH3 is 2. The topological polar surface area (TPSA) is 109 Å². The normalized spacial score (nSPS) is 15.0. The predicted molar refractivity (Wildman–Crippen MR) is 156 cm³/mol. The Morgan fingerprint density at radius 2 is 1.78 bits per heavy atom. The maximum absolute atomic E-state index is 13.6. The number of hydrogen-bond acceptors (Lipinski definition) is 8. The zero-order valence-electron chi connectivity index (χ0n) is 23.5. The molecule has 41 heavy (non-hydrogen) atoms. The highest BCUT2D eigenvalue weighted by Crippen LogP contribution is 2.38. The van der Waals surface area contributed by atoms with E-state index in [1.165, 1.54) is 32.7 Å². The molecule has 1 aliphatic heterocycles. The number of carbonyl (C=O) groups is 2. The monoisotopic (exact) mass is 584 g/mol. The fourth-order valence-corrected chi connectivity index (χ4v) is 5.22. The van der Waals surface area contributed by atoms with Gasteiger partial charge >= 0.3 is 0 Å². The lowest BCUT2D eigenvalue weighted by Gasteiger charge is -2.43. The third-order valence-corrected chi connectivity index (χ3v) is 7.38. The van der Waals surface area contributed by atoms with E-state index in [0.717, 1.165) is 18.2 Å². The molecule has 4 rings (SSSR count). The summed E-state index contributed by atoms with van der Waals surface area (Å²) in [6.45, 7) is 4.39. The highest BCUT2D eigenvalue weighted by molar-refractivity contribution is 6.33. The molecular formula is C29H34ClFN6O4. The Balaban J connectivity index is 1.69. The molecule has 1 aliphatic rings. The van der Waals surface area contributed by atoms with Gasteiger partial charge in [-0.1, -0.05) is 24.6 Å². The summed E-state index contributed by atoms with van der Waals surface area (Å²) in [6, 6.07) is 9.27. The standard InChI is InChI=1S/C29H34ClFN6O4/c1-5-20-16-36(29(39)21-8-7-19(31)15-23(21)30)12-13-37(20)24-9-6-18(14-22(24)26(38)33-11-10-32-2)25-27(40-3)34-17-35-28(25)41-4/h6-9,14-15,17,20,32H,5,10-13,16H2,1-4H3,(H,33,38)/t20-/m1/s1. The third kappa shape index (κ3) is 6.52. The minimum atomic E-state index is -0.496. The van der Waals surface area contributed by atoms with Gasteiger partial charge in [-0.3, -0.25) is 9.59 Å². The Morgan fingerprint density at radius 1 is 1.05 bits per heavy atom. The lowest BCUT2D eigenvalue weighted by Crippen LogP contribution is -2.55. The molecule has 3 aromatic rings. The van der Waals surface area contributed by atoms with Gasteiger partial charge in [0.2, 0.25) is 11.8 Å². The number of carbonyl (C=O) groups excluding carboxylic acids is 2. The number of ether oxygens (including phenoxy) is 2. The zero-order valence-corrected chi connectivity index (χ0v) is 24.3. The van der Waals surface area contributed by atoms with Gasteiger partial charge in [0.15, 0.2) is 0 Å². The number of likely N-dealkylation sites (N-methyl/N-ethyl adjacent to an activating group) is 1. The van der Waals surface area contributed by atoms with E-state index < -0.39 is 5.82 Å². The first-order valence-electron chi connectivity index (χ1n) is 13.3. The number of anilines is 1. The molecule has 1 fully saturated rings. The number of piperazine rings is 1. The van der Waals surface area contributed by atoms with E-state index >= 15 is 0 Å². The van der Waals surface area contributed by atoms with Crippen LogP contribution in [-0.2, 0) is 0 Å². The van der Waals surface area contributed by atoms with Crippen LogP contribution in [0.5, 0.6) is 11.8 Å². The van der Waals surface area contributed by atoms with Gasteiger partial charge < -0.3 is 29.9 Å². The molecule has 1 saturated heterocycles. The summed E-state index contributed by atoms with van der Waals surface area (Å²) >= 11 is 6.18. The number of nitrogens with zero attached hydrogens (tertiary/aromatic N) is 4. The van der Waals surface area contributed by atoms with Crippen molar-refractivity contribution in [3.05, 3.63) is 64.7 Å². The average Bonchev–Trinajstić information content (AvgIpc) is 2.99. The Bertz CT molecular complexity index is 1390. The molecule has 2 N–H and O–H groups in total. The lowest BCUT2D eigenvalue weighted by atomic mass is 9.99. The maximum Gasteiger partial charge on any atom is 0.255 e. The third-order valence-electron chi connectivity index (χ3n) is 7.07. The molecular weight excluding hydrogens is 551 g/mol. The molecule has 1 atom stereocenters. The summed E-state index contributed by atoms with van der Waals surface area (Å²) in [5.41, 5.74) is 2.66. The van der Waals surface area contributed by atoms with Gasteiger partial charge in [0.05, 0.1) is 30.4 Å². The van der Waals surface area contributed by atoms with E-state index in [1.807, 2.05) is 26.1 Å². The molecule has 0 unspecified atom stereocenters. The Labute approximate surface area is 243 Å². The zero-order chi connectivity index (χ0) is 29.5. The first-order valence-corrected chi connectivity index (χ1v) is 13.7. The number of benzene rings is 2. The van der Waals surface area contributed by atoms with Gasteiger partial charge in [-0.05, 0) is 49.4 Å². The molecule has 1 aromatic heterocycles. The summed E-state index contributed by atoms with van der Waals surface area (Å²) in [5, 5.41) is 6.09. The van der Waals surface area contributed by atoms with Crippen LogP contribution in [0.1, 0.15) is 34.1 Å². The fourth-order valence-electron chi connectivity index (χ4n) is 4.97. The molecule has 218 valence electrons. The van der Waals surface area contributed by atoms with Crippen LogP contribution in [0.2, 0.25) is 5.02 Å². The summed E-state index contributed by atoms with van der Waals surface area (Å²) in [5.74, 6) is -0.340. The summed E-state index contributed by atoms with van der Waals surface area (Å²) in [4.78, 5) is 39.1. The summed E-state index contributed by atoms with van der Waals surface area (Å²) < 4.78 is 24.5. The van der Waals surface area contributed by atoms with Gasteiger partial charge in [0.1, 0.15) is 17.7 Å². The van der Waals surface area contributed by atoms with Crippen molar-refractivity contribution in [1.82, 2.24) is 25.5 Å². The molecule has 2 amide bonds. The molecule has 2 aromatic carbocycles. The van der Waals surface area contributed by atoms with Gasteiger partial charge in [-0.15, -0.1) is 0 Å². The second-order valence-corrected chi connectivity index (χ2v) is 9.90. The highest BCUT2D eigenvalue weighted by Gasteiger charge is 2.32. The van der Waals surface area contributed by atoms with Crippen molar-refractivity contribution in [2.45, 2.75) is 19.4 Å². The number of halogens is 2. The van der Waals surface area contributed by atoms with E-state index in [9.17, 15) is 14.0 Å². The second kappa shape index (κ2) is 13.6. The molecule has 12 heteroatoms. The molecule has 0 aliphatic carbocycles. The number of rotatable bonds is 10. The Morgan fingerprint density at radius 3 is 2.41 bits per heavy atom. The van der Waals surface area contributed by atoms with Gasteiger partial charge in [-0.25, -0.2) is 14.4 Å². The first-order chi connectivity index (χ1) is 19.8. The van der Waals surface area contributed by atoms with Crippen molar-refractivity contribution in [2.24, 2.45) is 0 Å². The lowest BCUT2D eigenvalue weighted by molar-refractivity contribution is 0.0720. The van der Waals surface area contributed by atoms with E-state index in [1.54, 1.807) is 11.0 Å². The molecule has 2 heterocycles. The first kappa shape index (κ1) is 30.0. The highest BCUT2D eigenvalue weighted by atomic mass is 35.5. The van der Waals surface area contributed by atoms with Gasteiger partial charge in [0, 0.05) is 44.5 Å². The Hall–Kier alpha value is -3.96. The van der Waals surface area contributed by atoms with Crippen molar-refractivity contribution in [2.75, 3.05) is 58.9 Å². The van der Waals surface area contributed by atoms with E-state index in [-0.39, 0.29) is 28.4 Å². The average molecular weight is 585 g/mol. The number of aromatic nitrogens is 2. The molecule has 10 nitrogen and oxygen atoms in total. The minimum Gasteiger partial charge on any atom is -0.480 e. The van der Waals surface area contributed by atoms with E-state index in [0.29, 0.717) is 61.2 Å². The van der Waals surface area contributed by atoms with Crippen LogP contribution in [0.4, 0.5) is 10.1 Å². The van der Waals surface area contributed by atoms with Crippen LogP contribution < -0.4 is 25.0 Å². The van der Waals surface area contributed by atoms with Crippen LogP contribution in [-0.4, -0.2) is 86.7 Å². The number of nitrogens with one attached hydrogen (secondary N) is 2. The summed E-state index contributed by atoms with van der Waals surface area (Å²) in [6.07, 6.45) is 2.07. The van der Waals surface area contributed by atoms with Crippen molar-refractivity contribution >= 4 is 29.1 Å². The molecule has 0 bridgehead atoms. The van der Waals surface area contributed by atoms with Crippen molar-refractivity contribution < 1.29 is 23.5 Å². The van der Waals surface area contributed by atoms with Crippen LogP contribution in [0, 0.1) is 5.82 Å². The van der Waals surface area contributed by atoms with Crippen molar-refractivity contribution in [3.63, 3.8) is 0 Å². The molecule has 0 spiro atoms. The second-order valence-electron chi connectivity index (χ2n) is 9.49. The van der Waals surface area contributed by atoms with Crippen molar-refractivity contribution in [1.29, 1.82) is 0 Å². The number of hydrogen-bond donors (Lipinski definition) is 2. The van der Waals surface area contributed by atoms with Gasteiger partial charge in [-0.2, -0.15) is 0 Å². The van der Waals surface area contributed by atoms with Crippen molar-refractivity contribution in [3.8, 4) is 22.9 Å². The largest absolute Gasteiger partial charge is 0.480 e. The van der Waals surface area contributed by atoms with E-state index in [4.69, 9.17) is 21.1 Å². The SMILES string of the molecule is CC[C@@H]1CN(C(=O)c2ccc(F)cc2Cl)CCN1c1ccc(-c2c(OC)ncnc2OC)cc1C(=O)NCCNC. The quantitative estimate of drug-likeness (QED) is 0.348. The van der Waals surface area contributed by atoms with Crippen LogP contribution in [0.25, 0.3) is 11.1 Å². The Kier molecular flexibility index (Phi) is 9.95. The fraction of sp³-hybridized carbons (Fsp3) is 0.379. The molecule has 0 saturated carbocycles. The smallest absolute Gasteiger partial charge is 0.255 e. The predicted octanol–water partition coefficient (Wildman–Crippen LogP) is 3.64. The van der Waals surface area contributed by atoms with Gasteiger partial charge in [0.25, 0.3) is 11.8 Å². The molecule has 0 radical (unpaired) electrons. The summed E-state index contributed by atoms with van der Waals surface area (Å²) in [7, 11) is 4.84. The minimum absolute atomic E-state index is 0.0780. The number of amides is 2. The van der Waals surface area contributed by atoms with Crippen LogP contribution >= 0.6 is 11.6 Å². The van der Waals surface area contributed by atoms with Crippen LogP contribution in [0.15, 0.2) is 42.7 Å². The van der Waals surface area contributed by atoms with E-state index in [2.05, 4.69) is 25.5 Å². The maximum atomic E-state index is 13.6.